The van der Waals surface area contributed by atoms with Gasteiger partial charge in [-0.05, 0) is 30.7 Å². The molecule has 0 spiro atoms. The third kappa shape index (κ3) is 2.79. The van der Waals surface area contributed by atoms with E-state index in [0.29, 0.717) is 29.4 Å². The lowest BCUT2D eigenvalue weighted by Crippen LogP contribution is -2.10. The molecule has 2 aromatic rings. The van der Waals surface area contributed by atoms with E-state index in [4.69, 9.17) is 16.2 Å². The molecule has 0 bridgehead atoms. The fourth-order valence-electron chi connectivity index (χ4n) is 1.63. The molecule has 6 heteroatoms. The van der Waals surface area contributed by atoms with Crippen LogP contribution >= 0.6 is 0 Å². The Morgan fingerprint density at radius 2 is 1.95 bits per heavy atom. The van der Waals surface area contributed by atoms with E-state index in [1.54, 1.807) is 24.3 Å². The quantitative estimate of drug-likeness (QED) is 0.865. The van der Waals surface area contributed by atoms with Crippen LogP contribution in [-0.2, 0) is 6.42 Å². The Bertz CT molecular complexity index is 596. The smallest absolute Gasteiger partial charge is 0.248 e. The van der Waals surface area contributed by atoms with Crippen molar-refractivity contribution in [2.45, 2.75) is 13.3 Å². The van der Waals surface area contributed by atoms with Crippen LogP contribution in [0, 0.1) is 0 Å². The lowest BCUT2D eigenvalue weighted by atomic mass is 10.2. The van der Waals surface area contributed by atoms with E-state index < -0.39 is 5.91 Å². The normalized spacial score (nSPS) is 10.2. The highest BCUT2D eigenvalue weighted by Crippen LogP contribution is 2.26. The van der Waals surface area contributed by atoms with Crippen molar-refractivity contribution in [3.05, 3.63) is 41.7 Å². The topological polar surface area (TPSA) is 104 Å². The zero-order valence-corrected chi connectivity index (χ0v) is 10.5. The lowest BCUT2D eigenvalue weighted by molar-refractivity contribution is 0.100. The van der Waals surface area contributed by atoms with Gasteiger partial charge in [-0.25, -0.2) is 9.97 Å². The molecule has 0 atom stereocenters. The zero-order valence-electron chi connectivity index (χ0n) is 10.5. The van der Waals surface area contributed by atoms with Crippen molar-refractivity contribution in [3.8, 4) is 11.6 Å². The van der Waals surface area contributed by atoms with Crippen molar-refractivity contribution < 1.29 is 9.53 Å². The molecule has 2 rings (SSSR count). The molecule has 0 saturated heterocycles. The van der Waals surface area contributed by atoms with Crippen molar-refractivity contribution in [3.63, 3.8) is 0 Å². The maximum absolute atomic E-state index is 11.0. The van der Waals surface area contributed by atoms with Crippen molar-refractivity contribution in [1.82, 2.24) is 9.97 Å². The van der Waals surface area contributed by atoms with Gasteiger partial charge in [0.15, 0.2) is 0 Å². The molecule has 0 fully saturated rings. The number of nitrogens with two attached hydrogens (primary N) is 2. The maximum atomic E-state index is 11.0. The summed E-state index contributed by atoms with van der Waals surface area (Å²) >= 11 is 0. The number of amides is 1. The van der Waals surface area contributed by atoms with E-state index >= 15 is 0 Å². The van der Waals surface area contributed by atoms with E-state index in [1.807, 2.05) is 6.92 Å². The molecule has 1 heterocycles. The molecular formula is C13H14N4O2. The van der Waals surface area contributed by atoms with Gasteiger partial charge in [-0.1, -0.05) is 6.92 Å². The van der Waals surface area contributed by atoms with Crippen LogP contribution < -0.4 is 16.2 Å². The second kappa shape index (κ2) is 5.34. The molecule has 1 amide bonds. The van der Waals surface area contributed by atoms with E-state index in [-0.39, 0.29) is 0 Å². The maximum Gasteiger partial charge on any atom is 0.248 e. The summed E-state index contributed by atoms with van der Waals surface area (Å²) in [6.07, 6.45) is 2.02. The fraction of sp³-hybridized carbons (Fsp3) is 0.154. The van der Waals surface area contributed by atoms with Gasteiger partial charge >= 0.3 is 0 Å². The highest BCUT2D eigenvalue weighted by atomic mass is 16.5. The van der Waals surface area contributed by atoms with Gasteiger partial charge in [-0.2, -0.15) is 0 Å². The van der Waals surface area contributed by atoms with Crippen molar-refractivity contribution in [2.75, 3.05) is 5.73 Å². The van der Waals surface area contributed by atoms with Gasteiger partial charge in [0, 0.05) is 5.56 Å². The predicted octanol–water partition coefficient (Wildman–Crippen LogP) is 1.51. The van der Waals surface area contributed by atoms with Gasteiger partial charge in [0.2, 0.25) is 11.8 Å². The number of carbonyl (C=O) groups excluding carboxylic acids is 1. The van der Waals surface area contributed by atoms with Gasteiger partial charge in [0.05, 0.1) is 5.56 Å². The van der Waals surface area contributed by atoms with Crippen LogP contribution in [-0.4, -0.2) is 15.9 Å². The number of hydrogen-bond acceptors (Lipinski definition) is 5. The molecule has 0 aliphatic heterocycles. The van der Waals surface area contributed by atoms with Crippen LogP contribution in [0.1, 0.15) is 22.8 Å². The number of ether oxygens (including phenoxy) is 1. The van der Waals surface area contributed by atoms with Gasteiger partial charge in [0.25, 0.3) is 0 Å². The van der Waals surface area contributed by atoms with E-state index in [0.717, 1.165) is 5.56 Å². The van der Waals surface area contributed by atoms with E-state index in [1.165, 1.54) is 6.33 Å². The third-order valence-electron chi connectivity index (χ3n) is 2.65. The van der Waals surface area contributed by atoms with Crippen LogP contribution in [0.5, 0.6) is 11.6 Å². The molecule has 1 aromatic heterocycles. The largest absolute Gasteiger partial charge is 0.439 e. The number of anilines is 1. The fourth-order valence-corrected chi connectivity index (χ4v) is 1.63. The summed E-state index contributed by atoms with van der Waals surface area (Å²) in [5, 5.41) is 0. The summed E-state index contributed by atoms with van der Waals surface area (Å²) in [6.45, 7) is 1.94. The Morgan fingerprint density at radius 1 is 1.26 bits per heavy atom. The highest BCUT2D eigenvalue weighted by molar-refractivity contribution is 5.92. The Balaban J connectivity index is 2.26. The second-order valence-corrected chi connectivity index (χ2v) is 3.89. The van der Waals surface area contributed by atoms with Gasteiger partial charge in [0.1, 0.15) is 17.9 Å². The highest BCUT2D eigenvalue weighted by Gasteiger charge is 2.09. The van der Waals surface area contributed by atoms with Gasteiger partial charge in [-0.15, -0.1) is 0 Å². The molecule has 4 N–H and O–H groups in total. The summed E-state index contributed by atoms with van der Waals surface area (Å²) in [4.78, 5) is 18.9. The first-order valence-electron chi connectivity index (χ1n) is 5.79. The Kier molecular flexibility index (Phi) is 3.61. The Hall–Kier alpha value is -2.63. The molecule has 0 aliphatic carbocycles. The number of nitrogen functional groups attached to an aromatic ring is 1. The minimum atomic E-state index is -0.480. The molecule has 0 aliphatic rings. The van der Waals surface area contributed by atoms with Gasteiger partial charge < -0.3 is 16.2 Å². The van der Waals surface area contributed by atoms with Crippen molar-refractivity contribution in [2.24, 2.45) is 5.73 Å². The molecule has 1 aromatic carbocycles. The van der Waals surface area contributed by atoms with E-state index in [2.05, 4.69) is 9.97 Å². The summed E-state index contributed by atoms with van der Waals surface area (Å²) in [5.74, 6) is 0.896. The molecule has 0 unspecified atom stereocenters. The summed E-state index contributed by atoms with van der Waals surface area (Å²) in [7, 11) is 0. The summed E-state index contributed by atoms with van der Waals surface area (Å²) in [6, 6.07) is 6.48. The number of hydrogen-bond donors (Lipinski definition) is 2. The molecule has 98 valence electrons. The van der Waals surface area contributed by atoms with Crippen LogP contribution in [0.25, 0.3) is 0 Å². The van der Waals surface area contributed by atoms with Crippen LogP contribution in [0.4, 0.5) is 5.82 Å². The Morgan fingerprint density at radius 3 is 2.53 bits per heavy atom. The first kappa shape index (κ1) is 12.8. The summed E-state index contributed by atoms with van der Waals surface area (Å²) < 4.78 is 5.63. The SMILES string of the molecule is CCc1c(N)ncnc1Oc1ccc(C(N)=O)cc1. The predicted molar refractivity (Wildman–Crippen MR) is 70.9 cm³/mol. The number of benzene rings is 1. The van der Waals surface area contributed by atoms with Gasteiger partial charge in [-0.3, -0.25) is 4.79 Å². The third-order valence-corrected chi connectivity index (χ3v) is 2.65. The molecular weight excluding hydrogens is 244 g/mol. The van der Waals surface area contributed by atoms with Crippen molar-refractivity contribution >= 4 is 11.7 Å². The molecule has 19 heavy (non-hydrogen) atoms. The van der Waals surface area contributed by atoms with Crippen LogP contribution in [0.15, 0.2) is 30.6 Å². The molecule has 0 saturated carbocycles. The lowest BCUT2D eigenvalue weighted by Gasteiger charge is -2.10. The summed E-state index contributed by atoms with van der Waals surface area (Å²) in [5.41, 5.74) is 12.1. The standard InChI is InChI=1S/C13H14N4O2/c1-2-10-11(14)16-7-17-13(10)19-9-5-3-8(4-6-9)12(15)18/h3-7H,2H2,1H3,(H2,15,18)(H2,14,16,17). The Labute approximate surface area is 110 Å². The molecule has 0 radical (unpaired) electrons. The number of rotatable bonds is 4. The molecule has 6 nitrogen and oxygen atoms in total. The zero-order chi connectivity index (χ0) is 13.8. The average Bonchev–Trinajstić information content (AvgIpc) is 2.39. The minimum Gasteiger partial charge on any atom is -0.439 e. The first-order valence-corrected chi connectivity index (χ1v) is 5.79. The monoisotopic (exact) mass is 258 g/mol. The minimum absolute atomic E-state index is 0.404. The number of nitrogens with zero attached hydrogens (tertiary/aromatic N) is 2. The number of primary amides is 1. The van der Waals surface area contributed by atoms with E-state index in [9.17, 15) is 4.79 Å². The second-order valence-electron chi connectivity index (χ2n) is 3.89. The van der Waals surface area contributed by atoms with Crippen LogP contribution in [0.2, 0.25) is 0 Å². The number of aromatic nitrogens is 2. The number of carbonyl (C=O) groups is 1. The van der Waals surface area contributed by atoms with Crippen LogP contribution in [0.3, 0.4) is 0 Å². The van der Waals surface area contributed by atoms with Crippen molar-refractivity contribution in [1.29, 1.82) is 0 Å². The first-order chi connectivity index (χ1) is 9.11. The average molecular weight is 258 g/mol.